The Morgan fingerprint density at radius 3 is 2.04 bits per heavy atom. The lowest BCUT2D eigenvalue weighted by Gasteiger charge is -2.32. The van der Waals surface area contributed by atoms with Crippen molar-refractivity contribution < 1.29 is 22.5 Å². The monoisotopic (exact) mass is 368 g/mol. The molecular formula is C16H25BN2O5S. The van der Waals surface area contributed by atoms with Gasteiger partial charge in [-0.25, -0.2) is 13.1 Å². The van der Waals surface area contributed by atoms with E-state index in [9.17, 15) is 13.2 Å². The zero-order valence-electron chi connectivity index (χ0n) is 15.7. The fraction of sp³-hybridized carbons (Fsp3) is 0.562. The van der Waals surface area contributed by atoms with Crippen LogP contribution in [0.15, 0.2) is 23.1 Å². The highest BCUT2D eigenvalue weighted by atomic mass is 32.2. The van der Waals surface area contributed by atoms with Crippen molar-refractivity contribution in [2.75, 3.05) is 21.1 Å². The minimum Gasteiger partial charge on any atom is -0.399 e. The van der Waals surface area contributed by atoms with Crippen LogP contribution in [0, 0.1) is 0 Å². The molecule has 1 aliphatic rings. The quantitative estimate of drug-likeness (QED) is 0.787. The number of amides is 1. The Morgan fingerprint density at radius 1 is 1.08 bits per heavy atom. The summed E-state index contributed by atoms with van der Waals surface area (Å²) in [5, 5.41) is 0. The van der Waals surface area contributed by atoms with E-state index in [4.69, 9.17) is 9.31 Å². The van der Waals surface area contributed by atoms with Crippen LogP contribution < -0.4 is 10.2 Å². The standard InChI is InChI=1S/C16H25BN2O5S/c1-15(2)16(3,4)24-17(23-15)12-8-11(14(20)19(6)7)9-13(10-12)25(21,22)18-5/h8-10,18H,1-7H3. The van der Waals surface area contributed by atoms with Crippen molar-refractivity contribution in [3.63, 3.8) is 0 Å². The minimum absolute atomic E-state index is 0.00703. The maximum Gasteiger partial charge on any atom is 0.494 e. The molecule has 0 spiro atoms. The third kappa shape index (κ3) is 3.74. The molecule has 0 unspecified atom stereocenters. The van der Waals surface area contributed by atoms with Gasteiger partial charge in [-0.2, -0.15) is 0 Å². The second-order valence-corrected chi connectivity index (χ2v) is 9.17. The molecule has 1 amide bonds. The number of carbonyl (C=O) groups excluding carboxylic acids is 1. The molecule has 0 radical (unpaired) electrons. The highest BCUT2D eigenvalue weighted by Gasteiger charge is 2.52. The maximum atomic E-state index is 12.4. The van der Waals surface area contributed by atoms with Gasteiger partial charge in [0.25, 0.3) is 5.91 Å². The van der Waals surface area contributed by atoms with Gasteiger partial charge >= 0.3 is 7.12 Å². The van der Waals surface area contributed by atoms with E-state index in [1.54, 1.807) is 20.2 Å². The van der Waals surface area contributed by atoms with Crippen LogP contribution in [0.25, 0.3) is 0 Å². The van der Waals surface area contributed by atoms with Crippen molar-refractivity contribution >= 4 is 28.5 Å². The van der Waals surface area contributed by atoms with E-state index in [-0.39, 0.29) is 16.4 Å². The zero-order chi connectivity index (χ0) is 19.2. The van der Waals surface area contributed by atoms with Crippen molar-refractivity contribution in [2.24, 2.45) is 0 Å². The Hall–Kier alpha value is -1.42. The van der Waals surface area contributed by atoms with Gasteiger partial charge in [0, 0.05) is 19.7 Å². The second-order valence-electron chi connectivity index (χ2n) is 7.29. The average Bonchev–Trinajstić information content (AvgIpc) is 2.74. The van der Waals surface area contributed by atoms with Crippen LogP contribution in [0.2, 0.25) is 0 Å². The van der Waals surface area contributed by atoms with Crippen molar-refractivity contribution in [1.82, 2.24) is 9.62 Å². The number of hydrogen-bond donors (Lipinski definition) is 1. The van der Waals surface area contributed by atoms with E-state index in [1.807, 2.05) is 27.7 Å². The van der Waals surface area contributed by atoms with Gasteiger partial charge in [0.2, 0.25) is 10.0 Å². The lowest BCUT2D eigenvalue weighted by molar-refractivity contribution is 0.00578. The van der Waals surface area contributed by atoms with Gasteiger partial charge in [-0.1, -0.05) is 0 Å². The van der Waals surface area contributed by atoms with Gasteiger partial charge in [-0.3, -0.25) is 4.79 Å². The van der Waals surface area contributed by atoms with Gasteiger partial charge in [-0.15, -0.1) is 0 Å². The number of sulfonamides is 1. The molecule has 0 atom stereocenters. The molecule has 0 aromatic heterocycles. The number of hydrogen-bond acceptors (Lipinski definition) is 5. The Labute approximate surface area is 149 Å². The van der Waals surface area contributed by atoms with Gasteiger partial charge in [-0.05, 0) is 58.4 Å². The van der Waals surface area contributed by atoms with E-state index in [0.717, 1.165) is 0 Å². The molecule has 7 nitrogen and oxygen atoms in total. The summed E-state index contributed by atoms with van der Waals surface area (Å²) in [6.07, 6.45) is 0. The molecule has 0 saturated carbocycles. The molecule has 1 heterocycles. The van der Waals surface area contributed by atoms with Crippen LogP contribution in [0.5, 0.6) is 0 Å². The van der Waals surface area contributed by atoms with E-state index in [0.29, 0.717) is 5.46 Å². The van der Waals surface area contributed by atoms with Crippen molar-refractivity contribution in [3.05, 3.63) is 23.8 Å². The molecule has 0 bridgehead atoms. The number of nitrogens with one attached hydrogen (secondary N) is 1. The SMILES string of the molecule is CNS(=O)(=O)c1cc(B2OC(C)(C)C(C)(C)O2)cc(C(=O)N(C)C)c1. The predicted octanol–water partition coefficient (Wildman–Crippen LogP) is 0.596. The first-order valence-corrected chi connectivity index (χ1v) is 9.45. The summed E-state index contributed by atoms with van der Waals surface area (Å²) in [6, 6.07) is 4.43. The lowest BCUT2D eigenvalue weighted by atomic mass is 9.78. The first-order chi connectivity index (χ1) is 11.3. The highest BCUT2D eigenvalue weighted by Crippen LogP contribution is 2.36. The van der Waals surface area contributed by atoms with E-state index >= 15 is 0 Å². The third-order valence-electron chi connectivity index (χ3n) is 4.69. The summed E-state index contributed by atoms with van der Waals surface area (Å²) in [5.41, 5.74) is -0.394. The number of benzene rings is 1. The fourth-order valence-corrected chi connectivity index (χ4v) is 3.20. The van der Waals surface area contributed by atoms with Gasteiger partial charge < -0.3 is 14.2 Å². The first-order valence-electron chi connectivity index (χ1n) is 7.96. The molecule has 0 aliphatic carbocycles. The molecule has 9 heteroatoms. The molecule has 1 aromatic rings. The second kappa shape index (κ2) is 6.39. The van der Waals surface area contributed by atoms with Crippen LogP contribution in [0.4, 0.5) is 0 Å². The Bertz CT molecular complexity index is 774. The molecule has 25 heavy (non-hydrogen) atoms. The summed E-state index contributed by atoms with van der Waals surface area (Å²) >= 11 is 0. The first kappa shape index (κ1) is 19.9. The van der Waals surface area contributed by atoms with E-state index in [1.165, 1.54) is 24.1 Å². The zero-order valence-corrected chi connectivity index (χ0v) is 16.5. The smallest absolute Gasteiger partial charge is 0.399 e. The van der Waals surface area contributed by atoms with Crippen LogP contribution in [-0.2, 0) is 19.3 Å². The van der Waals surface area contributed by atoms with Gasteiger partial charge in [0.15, 0.2) is 0 Å². The molecular weight excluding hydrogens is 343 g/mol. The molecule has 1 N–H and O–H groups in total. The molecule has 1 aliphatic heterocycles. The number of nitrogens with zero attached hydrogens (tertiary/aromatic N) is 1. The summed E-state index contributed by atoms with van der Waals surface area (Å²) in [5.74, 6) is -0.300. The molecule has 1 aromatic carbocycles. The summed E-state index contributed by atoms with van der Waals surface area (Å²) in [4.78, 5) is 13.7. The Balaban J connectivity index is 2.57. The Kier molecular flexibility index (Phi) is 5.09. The highest BCUT2D eigenvalue weighted by molar-refractivity contribution is 7.89. The average molecular weight is 368 g/mol. The lowest BCUT2D eigenvalue weighted by Crippen LogP contribution is -2.41. The van der Waals surface area contributed by atoms with Crippen molar-refractivity contribution in [1.29, 1.82) is 0 Å². The normalized spacial score (nSPS) is 19.1. The van der Waals surface area contributed by atoms with Gasteiger partial charge in [0.05, 0.1) is 16.1 Å². The summed E-state index contributed by atoms with van der Waals surface area (Å²) in [6.45, 7) is 7.64. The predicted molar refractivity (Wildman–Crippen MR) is 96.4 cm³/mol. The van der Waals surface area contributed by atoms with Gasteiger partial charge in [0.1, 0.15) is 0 Å². The Morgan fingerprint density at radius 2 is 1.60 bits per heavy atom. The van der Waals surface area contributed by atoms with E-state index < -0.39 is 28.3 Å². The van der Waals surface area contributed by atoms with Crippen molar-refractivity contribution in [2.45, 2.75) is 43.8 Å². The van der Waals surface area contributed by atoms with Crippen LogP contribution >= 0.6 is 0 Å². The molecule has 2 rings (SSSR count). The minimum atomic E-state index is -3.72. The third-order valence-corrected chi connectivity index (χ3v) is 6.08. The van der Waals surface area contributed by atoms with E-state index in [2.05, 4.69) is 4.72 Å². The largest absolute Gasteiger partial charge is 0.494 e. The summed E-state index contributed by atoms with van der Waals surface area (Å²) < 4.78 is 38.7. The van der Waals surface area contributed by atoms with Crippen LogP contribution in [0.3, 0.4) is 0 Å². The number of carbonyl (C=O) groups is 1. The summed E-state index contributed by atoms with van der Waals surface area (Å²) in [7, 11) is 0.0581. The topological polar surface area (TPSA) is 84.9 Å². The molecule has 138 valence electrons. The van der Waals surface area contributed by atoms with Crippen LogP contribution in [0.1, 0.15) is 38.1 Å². The fourth-order valence-electron chi connectivity index (χ4n) is 2.39. The van der Waals surface area contributed by atoms with Crippen molar-refractivity contribution in [3.8, 4) is 0 Å². The molecule has 1 fully saturated rings. The van der Waals surface area contributed by atoms with Crippen LogP contribution in [-0.4, -0.2) is 58.7 Å². The maximum absolute atomic E-state index is 12.4. The molecule has 1 saturated heterocycles. The number of rotatable bonds is 4.